The van der Waals surface area contributed by atoms with Gasteiger partial charge in [-0.2, -0.15) is 0 Å². The van der Waals surface area contributed by atoms with Crippen LogP contribution in [0.5, 0.6) is 0 Å². The van der Waals surface area contributed by atoms with E-state index in [2.05, 4.69) is 20.8 Å². The van der Waals surface area contributed by atoms with Crippen molar-refractivity contribution in [3.05, 3.63) is 0 Å². The standard InChI is InChI=1S/C15H30O2.H3N/c1-5-8-11-15(12-9-6-2,13-10-7-3)17-14(4)16;/h5-13H2,1-4H3;1H3. The first-order valence-electron chi connectivity index (χ1n) is 7.29. The smallest absolute Gasteiger partial charge is 0.303 e. The number of hydrogen-bond donors (Lipinski definition) is 1. The highest BCUT2D eigenvalue weighted by atomic mass is 16.6. The van der Waals surface area contributed by atoms with E-state index in [4.69, 9.17) is 4.74 Å². The molecule has 0 aliphatic carbocycles. The number of ether oxygens (including phenoxy) is 1. The molecule has 0 aliphatic heterocycles. The molecule has 0 saturated carbocycles. The zero-order valence-electron chi connectivity index (χ0n) is 12.9. The summed E-state index contributed by atoms with van der Waals surface area (Å²) in [5.41, 5.74) is -0.173. The normalized spacial score (nSPS) is 10.9. The molecule has 18 heavy (non-hydrogen) atoms. The molecule has 0 radical (unpaired) electrons. The van der Waals surface area contributed by atoms with Gasteiger partial charge >= 0.3 is 5.97 Å². The van der Waals surface area contributed by atoms with E-state index in [9.17, 15) is 4.79 Å². The van der Waals surface area contributed by atoms with Crippen molar-refractivity contribution in [2.24, 2.45) is 0 Å². The zero-order valence-corrected chi connectivity index (χ0v) is 12.9. The molecule has 3 heteroatoms. The van der Waals surface area contributed by atoms with Gasteiger partial charge in [0.25, 0.3) is 0 Å². The Hall–Kier alpha value is -0.570. The van der Waals surface area contributed by atoms with Crippen LogP contribution in [0.2, 0.25) is 0 Å². The van der Waals surface area contributed by atoms with Crippen molar-refractivity contribution in [2.45, 2.75) is 91.1 Å². The number of carbonyl (C=O) groups is 1. The van der Waals surface area contributed by atoms with Crippen LogP contribution in [0.1, 0.15) is 85.5 Å². The number of esters is 1. The van der Waals surface area contributed by atoms with Gasteiger partial charge in [-0.3, -0.25) is 4.79 Å². The van der Waals surface area contributed by atoms with Gasteiger partial charge < -0.3 is 10.9 Å². The summed E-state index contributed by atoms with van der Waals surface area (Å²) in [5, 5.41) is 0. The molecule has 0 rings (SSSR count). The molecule has 0 unspecified atom stereocenters. The number of rotatable bonds is 10. The number of hydrogen-bond acceptors (Lipinski definition) is 3. The van der Waals surface area contributed by atoms with Crippen LogP contribution in [0, 0.1) is 0 Å². The Morgan fingerprint density at radius 1 is 0.889 bits per heavy atom. The zero-order chi connectivity index (χ0) is 13.1. The molecule has 0 bridgehead atoms. The topological polar surface area (TPSA) is 61.3 Å². The first-order valence-corrected chi connectivity index (χ1v) is 7.29. The molecule has 0 spiro atoms. The van der Waals surface area contributed by atoms with Gasteiger partial charge in [-0.1, -0.05) is 40.0 Å². The van der Waals surface area contributed by atoms with Crippen molar-refractivity contribution in [1.29, 1.82) is 0 Å². The third-order valence-electron chi connectivity index (χ3n) is 3.32. The van der Waals surface area contributed by atoms with E-state index in [1.54, 1.807) is 6.92 Å². The van der Waals surface area contributed by atoms with Crippen LogP contribution in [0.15, 0.2) is 0 Å². The first-order chi connectivity index (χ1) is 8.10. The van der Waals surface area contributed by atoms with Crippen LogP contribution < -0.4 is 6.15 Å². The lowest BCUT2D eigenvalue weighted by Crippen LogP contribution is -2.34. The van der Waals surface area contributed by atoms with Crippen molar-refractivity contribution in [2.75, 3.05) is 0 Å². The van der Waals surface area contributed by atoms with E-state index in [1.165, 1.54) is 19.3 Å². The Morgan fingerprint density at radius 2 is 1.22 bits per heavy atom. The van der Waals surface area contributed by atoms with E-state index >= 15 is 0 Å². The lowest BCUT2D eigenvalue weighted by atomic mass is 9.86. The quantitative estimate of drug-likeness (QED) is 0.560. The lowest BCUT2D eigenvalue weighted by molar-refractivity contribution is -0.160. The van der Waals surface area contributed by atoms with Crippen molar-refractivity contribution >= 4 is 5.97 Å². The van der Waals surface area contributed by atoms with Gasteiger partial charge in [0.2, 0.25) is 0 Å². The molecular formula is C15H33NO2. The van der Waals surface area contributed by atoms with Crippen LogP contribution in [0.25, 0.3) is 0 Å². The van der Waals surface area contributed by atoms with Crippen LogP contribution >= 0.6 is 0 Å². The molecule has 0 fully saturated rings. The van der Waals surface area contributed by atoms with Crippen molar-refractivity contribution in [3.8, 4) is 0 Å². The van der Waals surface area contributed by atoms with Crippen molar-refractivity contribution in [1.82, 2.24) is 6.15 Å². The summed E-state index contributed by atoms with van der Waals surface area (Å²) in [6.45, 7) is 8.12. The van der Waals surface area contributed by atoms with Crippen molar-refractivity contribution < 1.29 is 9.53 Å². The minimum Gasteiger partial charge on any atom is -0.459 e. The Balaban J connectivity index is 0. The van der Waals surface area contributed by atoms with E-state index < -0.39 is 0 Å². The maximum Gasteiger partial charge on any atom is 0.303 e. The van der Waals surface area contributed by atoms with Gasteiger partial charge in [-0.15, -0.1) is 0 Å². The molecule has 0 aromatic carbocycles. The second kappa shape index (κ2) is 11.5. The third-order valence-corrected chi connectivity index (χ3v) is 3.32. The fraction of sp³-hybridized carbons (Fsp3) is 0.933. The largest absolute Gasteiger partial charge is 0.459 e. The summed E-state index contributed by atoms with van der Waals surface area (Å²) in [4.78, 5) is 11.3. The number of carbonyl (C=O) groups excluding carboxylic acids is 1. The van der Waals surface area contributed by atoms with Gasteiger partial charge in [0.05, 0.1) is 0 Å². The summed E-state index contributed by atoms with van der Waals surface area (Å²) < 4.78 is 5.71. The van der Waals surface area contributed by atoms with Gasteiger partial charge in [0, 0.05) is 6.92 Å². The van der Waals surface area contributed by atoms with Gasteiger partial charge in [0.1, 0.15) is 5.60 Å². The van der Waals surface area contributed by atoms with E-state index in [-0.39, 0.29) is 17.7 Å². The summed E-state index contributed by atoms with van der Waals surface area (Å²) in [5.74, 6) is -0.117. The van der Waals surface area contributed by atoms with Crippen LogP contribution in [0.3, 0.4) is 0 Å². The van der Waals surface area contributed by atoms with Crippen LogP contribution in [0.4, 0.5) is 0 Å². The predicted octanol–water partition coefficient (Wildman–Crippen LogP) is 5.02. The molecule has 0 heterocycles. The maximum atomic E-state index is 11.3. The fourth-order valence-corrected chi connectivity index (χ4v) is 2.33. The molecule has 0 atom stereocenters. The van der Waals surface area contributed by atoms with Gasteiger partial charge in [-0.05, 0) is 38.5 Å². The molecule has 110 valence electrons. The highest BCUT2D eigenvalue weighted by molar-refractivity contribution is 5.66. The average molecular weight is 259 g/mol. The van der Waals surface area contributed by atoms with E-state index in [0.29, 0.717) is 0 Å². The van der Waals surface area contributed by atoms with Crippen molar-refractivity contribution in [3.63, 3.8) is 0 Å². The molecule has 0 saturated heterocycles. The Morgan fingerprint density at radius 3 is 1.44 bits per heavy atom. The molecule has 0 amide bonds. The molecule has 3 nitrogen and oxygen atoms in total. The predicted molar refractivity (Wildman–Crippen MR) is 78.1 cm³/mol. The molecule has 0 aliphatic rings. The Bertz CT molecular complexity index is 183. The second-order valence-corrected chi connectivity index (χ2v) is 5.09. The van der Waals surface area contributed by atoms with Crippen LogP contribution in [-0.2, 0) is 9.53 Å². The first kappa shape index (κ1) is 19.8. The molecule has 0 aromatic rings. The lowest BCUT2D eigenvalue weighted by Gasteiger charge is -2.33. The highest BCUT2D eigenvalue weighted by Gasteiger charge is 2.31. The summed E-state index contributed by atoms with van der Waals surface area (Å²) in [6, 6.07) is 0. The Labute approximate surface area is 113 Å². The third kappa shape index (κ3) is 8.51. The summed E-state index contributed by atoms with van der Waals surface area (Å²) in [6.07, 6.45) is 10.1. The van der Waals surface area contributed by atoms with Gasteiger partial charge in [-0.25, -0.2) is 0 Å². The fourth-order valence-electron chi connectivity index (χ4n) is 2.33. The number of unbranched alkanes of at least 4 members (excludes halogenated alkanes) is 3. The molecular weight excluding hydrogens is 226 g/mol. The summed E-state index contributed by atoms with van der Waals surface area (Å²) in [7, 11) is 0. The maximum absolute atomic E-state index is 11.3. The van der Waals surface area contributed by atoms with E-state index in [0.717, 1.165) is 38.5 Å². The second-order valence-electron chi connectivity index (χ2n) is 5.09. The van der Waals surface area contributed by atoms with Gasteiger partial charge in [0.15, 0.2) is 0 Å². The monoisotopic (exact) mass is 259 g/mol. The highest BCUT2D eigenvalue weighted by Crippen LogP contribution is 2.31. The average Bonchev–Trinajstić information content (AvgIpc) is 2.30. The minimum atomic E-state index is -0.173. The summed E-state index contributed by atoms with van der Waals surface area (Å²) >= 11 is 0. The molecule has 3 N–H and O–H groups in total. The van der Waals surface area contributed by atoms with Crippen LogP contribution in [-0.4, -0.2) is 11.6 Å². The Kier molecular flexibility index (Phi) is 12.6. The SMILES string of the molecule is CCCCC(CCCC)(CCCC)OC(C)=O.N. The minimum absolute atomic E-state index is 0. The molecule has 0 aromatic heterocycles. The van der Waals surface area contributed by atoms with E-state index in [1.807, 2.05) is 0 Å².